The lowest BCUT2D eigenvalue weighted by Crippen LogP contribution is -2.33. The van der Waals surface area contributed by atoms with Gasteiger partial charge in [-0.25, -0.2) is 9.97 Å². The number of hydrogen-bond donors (Lipinski definition) is 2. The number of aromatic nitrogens is 5. The lowest BCUT2D eigenvalue weighted by molar-refractivity contribution is 0.203. The molecule has 0 unspecified atom stereocenters. The van der Waals surface area contributed by atoms with Gasteiger partial charge in [-0.15, -0.1) is 0 Å². The van der Waals surface area contributed by atoms with Gasteiger partial charge in [0.1, 0.15) is 5.82 Å². The molecule has 1 fully saturated rings. The Morgan fingerprint density at radius 2 is 1.96 bits per heavy atom. The quantitative estimate of drug-likeness (QED) is 0.723. The molecule has 3 aromatic heterocycles. The highest BCUT2D eigenvalue weighted by Gasteiger charge is 2.25. The summed E-state index contributed by atoms with van der Waals surface area (Å²) >= 11 is 0. The van der Waals surface area contributed by atoms with Crippen molar-refractivity contribution in [2.75, 3.05) is 18.4 Å². The summed E-state index contributed by atoms with van der Waals surface area (Å²) in [5.74, 6) is 2.04. The van der Waals surface area contributed by atoms with Crippen LogP contribution in [0.5, 0.6) is 0 Å². The summed E-state index contributed by atoms with van der Waals surface area (Å²) in [4.78, 5) is 16.2. The Balaban J connectivity index is 1.43. The Morgan fingerprint density at radius 1 is 1.15 bits per heavy atom. The molecular formula is C20H25N7. The van der Waals surface area contributed by atoms with Crippen molar-refractivity contribution < 1.29 is 0 Å². The number of likely N-dealkylation sites (tertiary alicyclic amines) is 1. The number of H-pyrrole nitrogens is 1. The molecule has 0 spiro atoms. The molecule has 0 atom stereocenters. The second kappa shape index (κ2) is 7.84. The third kappa shape index (κ3) is 4.14. The van der Waals surface area contributed by atoms with E-state index in [1.54, 1.807) is 12.4 Å². The lowest BCUT2D eigenvalue weighted by Gasteiger charge is -2.32. The van der Waals surface area contributed by atoms with Crippen LogP contribution in [0.4, 0.5) is 11.6 Å². The van der Waals surface area contributed by atoms with Gasteiger partial charge in [-0.2, -0.15) is 5.10 Å². The molecule has 1 saturated heterocycles. The van der Waals surface area contributed by atoms with Crippen molar-refractivity contribution in [2.45, 2.75) is 39.2 Å². The fourth-order valence-electron chi connectivity index (χ4n) is 3.62. The number of piperidine rings is 1. The fourth-order valence-corrected chi connectivity index (χ4v) is 3.62. The molecule has 4 heterocycles. The van der Waals surface area contributed by atoms with Gasteiger partial charge in [0.05, 0.1) is 11.9 Å². The van der Waals surface area contributed by atoms with E-state index in [0.717, 1.165) is 61.2 Å². The zero-order valence-corrected chi connectivity index (χ0v) is 15.8. The molecule has 0 aromatic carbocycles. The molecule has 1 aliphatic rings. The van der Waals surface area contributed by atoms with Crippen molar-refractivity contribution in [3.05, 3.63) is 59.4 Å². The van der Waals surface area contributed by atoms with E-state index in [9.17, 15) is 0 Å². The number of nitrogens with zero attached hydrogens (tertiary/aromatic N) is 5. The van der Waals surface area contributed by atoms with Crippen LogP contribution in [0.3, 0.4) is 0 Å². The maximum atomic E-state index is 4.65. The van der Waals surface area contributed by atoms with Crippen molar-refractivity contribution in [3.8, 4) is 0 Å². The van der Waals surface area contributed by atoms with Gasteiger partial charge in [0.15, 0.2) is 5.82 Å². The van der Waals surface area contributed by atoms with E-state index in [0.29, 0.717) is 5.92 Å². The maximum absolute atomic E-state index is 4.65. The first kappa shape index (κ1) is 17.6. The monoisotopic (exact) mass is 363 g/mol. The first-order valence-electron chi connectivity index (χ1n) is 9.42. The van der Waals surface area contributed by atoms with E-state index in [1.807, 2.05) is 31.3 Å². The molecule has 1 aliphatic heterocycles. The summed E-state index contributed by atoms with van der Waals surface area (Å²) in [5, 5.41) is 10.5. The summed E-state index contributed by atoms with van der Waals surface area (Å²) < 4.78 is 0. The van der Waals surface area contributed by atoms with Crippen molar-refractivity contribution in [1.82, 2.24) is 30.0 Å². The average molecular weight is 363 g/mol. The smallest absolute Gasteiger partial charge is 0.153 e. The minimum atomic E-state index is 0.410. The summed E-state index contributed by atoms with van der Waals surface area (Å²) in [7, 11) is 0. The number of hydrogen-bond acceptors (Lipinski definition) is 6. The van der Waals surface area contributed by atoms with Crippen LogP contribution in [0.15, 0.2) is 36.8 Å². The van der Waals surface area contributed by atoms with Gasteiger partial charge in [-0.1, -0.05) is 6.07 Å². The second-order valence-corrected chi connectivity index (χ2v) is 7.15. The molecule has 0 bridgehead atoms. The highest BCUT2D eigenvalue weighted by molar-refractivity contribution is 5.54. The Bertz CT molecular complexity index is 897. The first-order valence-corrected chi connectivity index (χ1v) is 9.42. The molecule has 0 aliphatic carbocycles. The van der Waals surface area contributed by atoms with E-state index >= 15 is 0 Å². The van der Waals surface area contributed by atoms with Crippen LogP contribution >= 0.6 is 0 Å². The summed E-state index contributed by atoms with van der Waals surface area (Å²) in [6, 6.07) is 5.94. The van der Waals surface area contributed by atoms with Gasteiger partial charge in [0.2, 0.25) is 0 Å². The first-order chi connectivity index (χ1) is 13.2. The van der Waals surface area contributed by atoms with Crippen LogP contribution in [-0.2, 0) is 6.54 Å². The molecule has 3 aromatic rings. The van der Waals surface area contributed by atoms with Crippen molar-refractivity contribution in [1.29, 1.82) is 0 Å². The van der Waals surface area contributed by atoms with Gasteiger partial charge in [0, 0.05) is 41.8 Å². The minimum Gasteiger partial charge on any atom is -0.323 e. The van der Waals surface area contributed by atoms with Gasteiger partial charge in [-0.05, 0) is 51.9 Å². The Morgan fingerprint density at radius 3 is 2.70 bits per heavy atom. The molecule has 2 N–H and O–H groups in total. The predicted molar refractivity (Wildman–Crippen MR) is 105 cm³/mol. The number of anilines is 2. The number of aryl methyl sites for hydroxylation is 2. The second-order valence-electron chi connectivity index (χ2n) is 7.15. The van der Waals surface area contributed by atoms with Gasteiger partial charge < -0.3 is 5.32 Å². The largest absolute Gasteiger partial charge is 0.323 e. The van der Waals surface area contributed by atoms with Crippen LogP contribution in [0.1, 0.15) is 41.4 Å². The molecule has 140 valence electrons. The van der Waals surface area contributed by atoms with Crippen LogP contribution < -0.4 is 5.32 Å². The molecule has 7 heteroatoms. The number of rotatable bonds is 5. The molecule has 0 amide bonds. The van der Waals surface area contributed by atoms with Gasteiger partial charge in [-0.3, -0.25) is 15.0 Å². The highest BCUT2D eigenvalue weighted by Crippen LogP contribution is 2.31. The molecule has 0 radical (unpaired) electrons. The van der Waals surface area contributed by atoms with Gasteiger partial charge in [0.25, 0.3) is 0 Å². The maximum Gasteiger partial charge on any atom is 0.153 e. The normalized spacial score (nSPS) is 15.8. The zero-order valence-electron chi connectivity index (χ0n) is 15.8. The number of pyridine rings is 1. The standard InChI is InChI=1S/C20H25N7/c1-14-4-3-5-18(24-14)25-20-19(21-8-9-22-20)16-6-10-27(11-7-16)13-17-12-23-26-15(17)2/h3-5,8-9,12,16H,6-7,10-11,13H2,1-2H3,(H,23,26)(H,22,24,25). The van der Waals surface area contributed by atoms with Crippen molar-refractivity contribution >= 4 is 11.6 Å². The summed E-state index contributed by atoms with van der Waals surface area (Å²) in [6.45, 7) is 7.11. The molecular weight excluding hydrogens is 338 g/mol. The summed E-state index contributed by atoms with van der Waals surface area (Å²) in [5.41, 5.74) is 4.46. The summed E-state index contributed by atoms with van der Waals surface area (Å²) in [6.07, 6.45) is 7.60. The molecule has 27 heavy (non-hydrogen) atoms. The fraction of sp³-hybridized carbons (Fsp3) is 0.400. The van der Waals surface area contributed by atoms with E-state index in [4.69, 9.17) is 0 Å². The van der Waals surface area contributed by atoms with Crippen LogP contribution in [-0.4, -0.2) is 43.1 Å². The van der Waals surface area contributed by atoms with Crippen molar-refractivity contribution in [2.24, 2.45) is 0 Å². The predicted octanol–water partition coefficient (Wildman–Crippen LogP) is 3.33. The molecule has 4 rings (SSSR count). The third-order valence-electron chi connectivity index (χ3n) is 5.16. The van der Waals surface area contributed by atoms with Crippen molar-refractivity contribution in [3.63, 3.8) is 0 Å². The van der Waals surface area contributed by atoms with Crippen LogP contribution in [0.2, 0.25) is 0 Å². The number of aromatic amines is 1. The molecule has 7 nitrogen and oxygen atoms in total. The Labute approximate surface area is 159 Å². The van der Waals surface area contributed by atoms with Gasteiger partial charge >= 0.3 is 0 Å². The van der Waals surface area contributed by atoms with E-state index in [1.165, 1.54) is 5.56 Å². The van der Waals surface area contributed by atoms with Crippen LogP contribution in [0.25, 0.3) is 0 Å². The van der Waals surface area contributed by atoms with Crippen LogP contribution in [0, 0.1) is 13.8 Å². The third-order valence-corrected chi connectivity index (χ3v) is 5.16. The van der Waals surface area contributed by atoms with E-state index in [2.05, 4.69) is 42.3 Å². The Kier molecular flexibility index (Phi) is 5.11. The zero-order chi connectivity index (χ0) is 18.6. The topological polar surface area (TPSA) is 82.6 Å². The van der Waals surface area contributed by atoms with E-state index < -0.39 is 0 Å². The van der Waals surface area contributed by atoms with E-state index in [-0.39, 0.29) is 0 Å². The highest BCUT2D eigenvalue weighted by atomic mass is 15.2. The lowest BCUT2D eigenvalue weighted by atomic mass is 9.92. The molecule has 0 saturated carbocycles. The average Bonchev–Trinajstić information content (AvgIpc) is 3.08. The minimum absolute atomic E-state index is 0.410. The Hall–Kier alpha value is -2.80. The number of nitrogens with one attached hydrogen (secondary N) is 2. The SMILES string of the molecule is Cc1cccc(Nc2nccnc2C2CCN(Cc3cn[nH]c3C)CC2)n1.